The van der Waals surface area contributed by atoms with Crippen molar-refractivity contribution in [1.82, 2.24) is 30.1 Å². The number of aromatic nitrogens is 5. The van der Waals surface area contributed by atoms with Crippen LogP contribution in [0.2, 0.25) is 0 Å². The Labute approximate surface area is 250 Å². The van der Waals surface area contributed by atoms with Gasteiger partial charge in [-0.25, -0.2) is 9.78 Å². The second kappa shape index (κ2) is 11.0. The predicted octanol–water partition coefficient (Wildman–Crippen LogP) is 2.76. The van der Waals surface area contributed by atoms with E-state index in [1.807, 2.05) is 12.1 Å². The lowest BCUT2D eigenvalue weighted by Gasteiger charge is -2.43. The highest BCUT2D eigenvalue weighted by molar-refractivity contribution is 6.34. The molecular weight excluding hydrogens is 572 g/mol. The van der Waals surface area contributed by atoms with Gasteiger partial charge in [0, 0.05) is 42.9 Å². The van der Waals surface area contributed by atoms with Crippen molar-refractivity contribution in [1.29, 1.82) is 0 Å². The Morgan fingerprint density at radius 2 is 1.80 bits per heavy atom. The van der Waals surface area contributed by atoms with Gasteiger partial charge in [0.25, 0.3) is 11.7 Å². The third-order valence-electron chi connectivity index (χ3n) is 8.10. The number of para-hydroxylation sites is 1. The summed E-state index contributed by atoms with van der Waals surface area (Å²) in [5.41, 5.74) is 0.839. The van der Waals surface area contributed by atoms with E-state index in [9.17, 15) is 19.2 Å². The highest BCUT2D eigenvalue weighted by Gasteiger charge is 2.44. The van der Waals surface area contributed by atoms with Crippen LogP contribution in [-0.4, -0.2) is 91.6 Å². The molecule has 1 N–H and O–H groups in total. The number of piperidine rings is 1. The molecule has 1 atom stereocenters. The molecule has 0 bridgehead atoms. The van der Waals surface area contributed by atoms with E-state index in [0.29, 0.717) is 59.8 Å². The standard InChI is InChI=1S/C30H28N6O8/c1-16(26(38)29(40)41)36-33-27(32-34-36)17-7-8-22-19(13-17)21(37)15-30(44-22)9-11-35(12-10-30)28(39)20-14-24(43-3)18-5-4-6-23(42-2)25(18)31-20/h4-8,13-14,16H,9-12,15H2,1-3H3,(H,40,41). The summed E-state index contributed by atoms with van der Waals surface area (Å²) in [4.78, 5) is 56.9. The second-order valence-electron chi connectivity index (χ2n) is 10.7. The van der Waals surface area contributed by atoms with Crippen LogP contribution < -0.4 is 14.2 Å². The summed E-state index contributed by atoms with van der Waals surface area (Å²) in [6.07, 6.45) is 1.03. The molecule has 2 aliphatic rings. The number of pyridine rings is 1. The SMILES string of the molecule is COc1cc(C(=O)N2CCC3(CC2)CC(=O)c2cc(-c4nnn(C(C)C(=O)C(=O)O)n4)ccc2O3)nc2c(OC)cccc12. The number of aliphatic carboxylic acids is 1. The number of hydrogen-bond donors (Lipinski definition) is 1. The number of nitrogens with zero attached hydrogens (tertiary/aromatic N) is 6. The third kappa shape index (κ3) is 4.97. The molecule has 4 aromatic rings. The van der Waals surface area contributed by atoms with Gasteiger partial charge in [-0.3, -0.25) is 14.4 Å². The number of amides is 1. The van der Waals surface area contributed by atoms with E-state index in [-0.39, 0.29) is 29.6 Å². The molecule has 2 aromatic carbocycles. The molecule has 44 heavy (non-hydrogen) atoms. The quantitative estimate of drug-likeness (QED) is 0.308. The number of carbonyl (C=O) groups is 4. The third-order valence-corrected chi connectivity index (χ3v) is 8.10. The number of carbonyl (C=O) groups excluding carboxylic acids is 3. The van der Waals surface area contributed by atoms with Crippen molar-refractivity contribution in [2.45, 2.75) is 37.8 Å². The zero-order valence-corrected chi connectivity index (χ0v) is 24.1. The number of carboxylic acids is 1. The number of hydrogen-bond acceptors (Lipinski definition) is 11. The fourth-order valence-corrected chi connectivity index (χ4v) is 5.61. The molecule has 14 nitrogen and oxygen atoms in total. The van der Waals surface area contributed by atoms with Gasteiger partial charge in [-0.15, -0.1) is 10.2 Å². The number of rotatable bonds is 7. The first-order valence-electron chi connectivity index (χ1n) is 13.9. The van der Waals surface area contributed by atoms with Crippen LogP contribution in [0.1, 0.15) is 53.1 Å². The van der Waals surface area contributed by atoms with Crippen LogP contribution in [0.4, 0.5) is 0 Å². The molecule has 1 unspecified atom stereocenters. The highest BCUT2D eigenvalue weighted by Crippen LogP contribution is 2.41. The van der Waals surface area contributed by atoms with Crippen molar-refractivity contribution in [3.8, 4) is 28.6 Å². The fraction of sp³-hybridized carbons (Fsp3) is 0.333. The summed E-state index contributed by atoms with van der Waals surface area (Å²) < 4.78 is 17.4. The van der Waals surface area contributed by atoms with E-state index >= 15 is 0 Å². The summed E-state index contributed by atoms with van der Waals surface area (Å²) >= 11 is 0. The number of Topliss-reactive ketones (excluding diaryl/α,β-unsaturated/α-hetero) is 2. The van der Waals surface area contributed by atoms with Gasteiger partial charge in [0.1, 0.15) is 40.1 Å². The molecule has 0 radical (unpaired) electrons. The van der Waals surface area contributed by atoms with Gasteiger partial charge < -0.3 is 24.2 Å². The maximum Gasteiger partial charge on any atom is 0.374 e. The maximum atomic E-state index is 13.5. The predicted molar refractivity (Wildman–Crippen MR) is 153 cm³/mol. The number of benzene rings is 2. The topological polar surface area (TPSA) is 176 Å². The molecule has 4 heterocycles. The Kier molecular flexibility index (Phi) is 7.19. The van der Waals surface area contributed by atoms with E-state index < -0.39 is 23.4 Å². The van der Waals surface area contributed by atoms with Crippen LogP contribution in [0.3, 0.4) is 0 Å². The summed E-state index contributed by atoms with van der Waals surface area (Å²) in [6.45, 7) is 2.10. The number of likely N-dealkylation sites (tertiary alicyclic amines) is 1. The molecule has 1 fully saturated rings. The van der Waals surface area contributed by atoms with Crippen molar-refractivity contribution in [3.05, 3.63) is 53.7 Å². The summed E-state index contributed by atoms with van der Waals surface area (Å²) in [6, 6.07) is 10.9. The lowest BCUT2D eigenvalue weighted by atomic mass is 9.82. The van der Waals surface area contributed by atoms with E-state index in [4.69, 9.17) is 19.3 Å². The zero-order valence-electron chi connectivity index (χ0n) is 24.1. The van der Waals surface area contributed by atoms with Crippen molar-refractivity contribution < 1.29 is 38.5 Å². The van der Waals surface area contributed by atoms with Crippen LogP contribution in [0, 0.1) is 0 Å². The van der Waals surface area contributed by atoms with E-state index in [1.54, 1.807) is 42.3 Å². The number of ketones is 2. The van der Waals surface area contributed by atoms with Crippen LogP contribution in [0.5, 0.6) is 17.2 Å². The zero-order chi connectivity index (χ0) is 31.2. The molecule has 6 rings (SSSR count). The summed E-state index contributed by atoms with van der Waals surface area (Å²) in [5.74, 6) is -1.44. The lowest BCUT2D eigenvalue weighted by molar-refractivity contribution is -0.150. The number of fused-ring (bicyclic) bond motifs is 2. The Morgan fingerprint density at radius 3 is 2.50 bits per heavy atom. The highest BCUT2D eigenvalue weighted by atomic mass is 16.5. The molecule has 1 amide bonds. The van der Waals surface area contributed by atoms with Crippen molar-refractivity contribution in [2.24, 2.45) is 0 Å². The first-order chi connectivity index (χ1) is 21.1. The smallest absolute Gasteiger partial charge is 0.374 e. The van der Waals surface area contributed by atoms with E-state index in [2.05, 4.69) is 20.4 Å². The van der Waals surface area contributed by atoms with Gasteiger partial charge in [0.2, 0.25) is 5.82 Å². The van der Waals surface area contributed by atoms with Crippen LogP contribution in [-0.2, 0) is 9.59 Å². The van der Waals surface area contributed by atoms with Crippen molar-refractivity contribution in [2.75, 3.05) is 27.3 Å². The Morgan fingerprint density at radius 1 is 1.05 bits per heavy atom. The molecular formula is C30H28N6O8. The number of tetrazole rings is 1. The summed E-state index contributed by atoms with van der Waals surface area (Å²) in [5, 5.41) is 21.5. The second-order valence-corrected chi connectivity index (χ2v) is 10.7. The Bertz CT molecular complexity index is 1830. The van der Waals surface area contributed by atoms with Crippen molar-refractivity contribution in [3.63, 3.8) is 0 Å². The minimum Gasteiger partial charge on any atom is -0.496 e. The molecule has 0 aliphatic carbocycles. The number of methoxy groups -OCH3 is 2. The monoisotopic (exact) mass is 600 g/mol. The first-order valence-corrected chi connectivity index (χ1v) is 13.9. The first kappa shape index (κ1) is 28.7. The minimum atomic E-state index is -1.59. The van der Waals surface area contributed by atoms with Gasteiger partial charge in [0.15, 0.2) is 5.78 Å². The maximum absolute atomic E-state index is 13.5. The lowest BCUT2D eigenvalue weighted by Crippen LogP contribution is -2.52. The average molecular weight is 601 g/mol. The van der Waals surface area contributed by atoms with Crippen LogP contribution in [0.25, 0.3) is 22.3 Å². The number of carboxylic acid groups (broad SMARTS) is 1. The van der Waals surface area contributed by atoms with Gasteiger partial charge >= 0.3 is 5.97 Å². The summed E-state index contributed by atoms with van der Waals surface area (Å²) in [7, 11) is 3.08. The van der Waals surface area contributed by atoms with Gasteiger partial charge in [-0.1, -0.05) is 6.07 Å². The molecule has 1 saturated heterocycles. The average Bonchev–Trinajstić information content (AvgIpc) is 3.53. The van der Waals surface area contributed by atoms with Crippen molar-refractivity contribution >= 4 is 34.3 Å². The largest absolute Gasteiger partial charge is 0.496 e. The molecule has 14 heteroatoms. The molecule has 1 spiro atoms. The van der Waals surface area contributed by atoms with Gasteiger partial charge in [-0.05, 0) is 42.5 Å². The normalized spacial score (nSPS) is 16.2. The van der Waals surface area contributed by atoms with Crippen LogP contribution >= 0.6 is 0 Å². The minimum absolute atomic E-state index is 0.122. The number of ether oxygens (including phenoxy) is 3. The molecule has 2 aromatic heterocycles. The van der Waals surface area contributed by atoms with E-state index in [1.165, 1.54) is 14.0 Å². The van der Waals surface area contributed by atoms with Gasteiger partial charge in [-0.2, -0.15) is 4.80 Å². The fourth-order valence-electron chi connectivity index (χ4n) is 5.61. The Balaban J connectivity index is 1.17. The Hall–Kier alpha value is -5.40. The molecule has 2 aliphatic heterocycles. The molecule has 0 saturated carbocycles. The van der Waals surface area contributed by atoms with Gasteiger partial charge in [0.05, 0.1) is 26.2 Å². The molecule has 226 valence electrons. The van der Waals surface area contributed by atoms with E-state index in [0.717, 1.165) is 10.2 Å². The van der Waals surface area contributed by atoms with Crippen LogP contribution in [0.15, 0.2) is 42.5 Å².